The van der Waals surface area contributed by atoms with Crippen molar-refractivity contribution in [3.8, 4) is 5.75 Å². The van der Waals surface area contributed by atoms with Crippen LogP contribution >= 0.6 is 11.6 Å². The maximum Gasteiger partial charge on any atom is 0.189 e. The van der Waals surface area contributed by atoms with Gasteiger partial charge in [0.2, 0.25) is 0 Å². The lowest BCUT2D eigenvalue weighted by Crippen LogP contribution is -2.36. The molecule has 0 saturated carbocycles. The van der Waals surface area contributed by atoms with Gasteiger partial charge < -0.3 is 20.5 Å². The molecule has 0 aliphatic carbocycles. The highest BCUT2D eigenvalue weighted by molar-refractivity contribution is 6.31. The topological polar surface area (TPSA) is 68.9 Å². The van der Waals surface area contributed by atoms with Crippen molar-refractivity contribution in [2.75, 3.05) is 26.9 Å². The monoisotopic (exact) mass is 269 g/mol. The summed E-state index contributed by atoms with van der Waals surface area (Å²) in [4.78, 5) is 4.14. The number of methoxy groups -OCH3 is 1. The minimum Gasteiger partial charge on any atom is -0.491 e. The molecule has 0 aromatic heterocycles. The van der Waals surface area contributed by atoms with Gasteiger partial charge in [-0.05, 0) is 12.1 Å². The lowest BCUT2D eigenvalue weighted by molar-refractivity contribution is 0.208. The highest BCUT2D eigenvalue weighted by Crippen LogP contribution is 2.37. The van der Waals surface area contributed by atoms with E-state index in [0.717, 1.165) is 11.3 Å². The van der Waals surface area contributed by atoms with Crippen LogP contribution in [0.4, 0.5) is 0 Å². The van der Waals surface area contributed by atoms with Crippen molar-refractivity contribution in [1.82, 2.24) is 5.32 Å². The molecule has 3 N–H and O–H groups in total. The zero-order chi connectivity index (χ0) is 13.0. The Kier molecular flexibility index (Phi) is 4.28. The Balaban J connectivity index is 2.03. The Morgan fingerprint density at radius 1 is 1.67 bits per heavy atom. The van der Waals surface area contributed by atoms with Gasteiger partial charge in [0.15, 0.2) is 5.96 Å². The van der Waals surface area contributed by atoms with Crippen molar-refractivity contribution in [3.05, 3.63) is 28.8 Å². The van der Waals surface area contributed by atoms with E-state index in [1.165, 1.54) is 0 Å². The first kappa shape index (κ1) is 13.0. The molecule has 0 saturated heterocycles. The lowest BCUT2D eigenvalue weighted by atomic mass is 10.1. The number of rotatable bonds is 4. The van der Waals surface area contributed by atoms with Crippen molar-refractivity contribution < 1.29 is 9.47 Å². The van der Waals surface area contributed by atoms with Crippen molar-refractivity contribution in [1.29, 1.82) is 0 Å². The maximum atomic E-state index is 6.15. The van der Waals surface area contributed by atoms with E-state index in [1.54, 1.807) is 7.11 Å². The van der Waals surface area contributed by atoms with Gasteiger partial charge in [0.25, 0.3) is 0 Å². The average Bonchev–Trinajstić information content (AvgIpc) is 2.74. The third-order valence-corrected chi connectivity index (χ3v) is 3.00. The summed E-state index contributed by atoms with van der Waals surface area (Å²) in [5.41, 5.74) is 6.72. The van der Waals surface area contributed by atoms with Crippen LogP contribution in [0, 0.1) is 0 Å². The third-order valence-electron chi connectivity index (χ3n) is 2.67. The van der Waals surface area contributed by atoms with Crippen LogP contribution in [0.1, 0.15) is 11.6 Å². The minimum atomic E-state index is -0.0556. The van der Waals surface area contributed by atoms with Crippen LogP contribution in [0.2, 0.25) is 5.02 Å². The number of hydrogen-bond acceptors (Lipinski definition) is 3. The summed E-state index contributed by atoms with van der Waals surface area (Å²) < 4.78 is 10.4. The quantitative estimate of drug-likeness (QED) is 0.491. The smallest absolute Gasteiger partial charge is 0.189 e. The van der Waals surface area contributed by atoms with E-state index in [1.807, 2.05) is 18.2 Å². The summed E-state index contributed by atoms with van der Waals surface area (Å²) in [5, 5.41) is 3.77. The van der Waals surface area contributed by atoms with Gasteiger partial charge in [-0.15, -0.1) is 0 Å². The number of hydrogen-bond donors (Lipinski definition) is 2. The van der Waals surface area contributed by atoms with Crippen LogP contribution in [0.3, 0.4) is 0 Å². The molecule has 1 unspecified atom stereocenters. The van der Waals surface area contributed by atoms with E-state index >= 15 is 0 Å². The highest BCUT2D eigenvalue weighted by atomic mass is 35.5. The fraction of sp³-hybridized carbons (Fsp3) is 0.417. The number of nitrogens with zero attached hydrogens (tertiary/aromatic N) is 1. The number of benzene rings is 1. The zero-order valence-electron chi connectivity index (χ0n) is 10.1. The first-order chi connectivity index (χ1) is 8.72. The first-order valence-electron chi connectivity index (χ1n) is 5.69. The summed E-state index contributed by atoms with van der Waals surface area (Å²) in [6, 6.07) is 5.53. The van der Waals surface area contributed by atoms with Crippen LogP contribution in [0.15, 0.2) is 23.2 Å². The second kappa shape index (κ2) is 5.93. The summed E-state index contributed by atoms with van der Waals surface area (Å²) in [6.07, 6.45) is 0. The molecule has 1 aromatic rings. The van der Waals surface area contributed by atoms with Gasteiger partial charge in [-0.1, -0.05) is 17.7 Å². The van der Waals surface area contributed by atoms with Crippen LogP contribution in [0.25, 0.3) is 0 Å². The first-order valence-corrected chi connectivity index (χ1v) is 6.06. The van der Waals surface area contributed by atoms with Gasteiger partial charge in [0.1, 0.15) is 12.4 Å². The number of halogens is 1. The minimum absolute atomic E-state index is 0.0556. The lowest BCUT2D eigenvalue weighted by Gasteiger charge is -2.13. The summed E-state index contributed by atoms with van der Waals surface area (Å²) in [6.45, 7) is 1.57. The molecule has 18 heavy (non-hydrogen) atoms. The molecular formula is C12H16ClN3O2. The normalized spacial score (nSPS) is 18.3. The number of guanidine groups is 1. The predicted octanol–water partition coefficient (Wildman–Crippen LogP) is 1.32. The molecule has 2 rings (SSSR count). The Hall–Kier alpha value is -1.46. The van der Waals surface area contributed by atoms with Gasteiger partial charge in [-0.25, -0.2) is 0 Å². The zero-order valence-corrected chi connectivity index (χ0v) is 10.9. The number of fused-ring (bicyclic) bond motifs is 1. The highest BCUT2D eigenvalue weighted by Gasteiger charge is 2.26. The second-order valence-electron chi connectivity index (χ2n) is 3.92. The van der Waals surface area contributed by atoms with Crippen LogP contribution < -0.4 is 15.8 Å². The Bertz CT molecular complexity index is 451. The average molecular weight is 270 g/mol. The molecule has 98 valence electrons. The number of nitrogens with two attached hydrogens (primary N) is 1. The molecule has 1 heterocycles. The molecule has 1 aliphatic heterocycles. The van der Waals surface area contributed by atoms with E-state index < -0.39 is 0 Å². The fourth-order valence-electron chi connectivity index (χ4n) is 1.83. The van der Waals surface area contributed by atoms with E-state index in [0.29, 0.717) is 30.7 Å². The Morgan fingerprint density at radius 3 is 3.28 bits per heavy atom. The molecule has 0 fully saturated rings. The SMILES string of the molecule is COCCN=C(N)NC1COc2cccc(Cl)c21. The number of nitrogens with one attached hydrogen (secondary N) is 1. The number of aliphatic imine (C=N–C) groups is 1. The van der Waals surface area contributed by atoms with Crippen LogP contribution in [0.5, 0.6) is 5.75 Å². The maximum absolute atomic E-state index is 6.15. The van der Waals surface area contributed by atoms with Crippen LogP contribution in [-0.2, 0) is 4.74 Å². The molecule has 5 nitrogen and oxygen atoms in total. The van der Waals surface area contributed by atoms with Gasteiger partial charge in [-0.2, -0.15) is 0 Å². The fourth-order valence-corrected chi connectivity index (χ4v) is 2.13. The van der Waals surface area contributed by atoms with Gasteiger partial charge in [-0.3, -0.25) is 4.99 Å². The number of ether oxygens (including phenoxy) is 2. The molecule has 0 bridgehead atoms. The largest absolute Gasteiger partial charge is 0.491 e. The molecular weight excluding hydrogens is 254 g/mol. The van der Waals surface area contributed by atoms with Crippen molar-refractivity contribution >= 4 is 17.6 Å². The van der Waals surface area contributed by atoms with Gasteiger partial charge in [0.05, 0.1) is 19.2 Å². The van der Waals surface area contributed by atoms with Crippen molar-refractivity contribution in [2.45, 2.75) is 6.04 Å². The predicted molar refractivity (Wildman–Crippen MR) is 71.2 cm³/mol. The van der Waals surface area contributed by atoms with Crippen molar-refractivity contribution in [2.24, 2.45) is 10.7 Å². The van der Waals surface area contributed by atoms with Gasteiger partial charge in [0, 0.05) is 17.7 Å². The molecule has 1 aliphatic rings. The van der Waals surface area contributed by atoms with E-state index in [-0.39, 0.29) is 6.04 Å². The Labute approximate surface area is 111 Å². The van der Waals surface area contributed by atoms with E-state index in [4.69, 9.17) is 26.8 Å². The summed E-state index contributed by atoms with van der Waals surface area (Å²) >= 11 is 6.15. The van der Waals surface area contributed by atoms with Crippen LogP contribution in [-0.4, -0.2) is 32.8 Å². The van der Waals surface area contributed by atoms with E-state index in [9.17, 15) is 0 Å². The van der Waals surface area contributed by atoms with E-state index in [2.05, 4.69) is 10.3 Å². The molecule has 1 aromatic carbocycles. The summed E-state index contributed by atoms with van der Waals surface area (Å²) in [5.74, 6) is 1.16. The van der Waals surface area contributed by atoms with Gasteiger partial charge >= 0.3 is 0 Å². The summed E-state index contributed by atoms with van der Waals surface area (Å²) in [7, 11) is 1.62. The Morgan fingerprint density at radius 2 is 2.50 bits per heavy atom. The standard InChI is InChI=1S/C12H16ClN3O2/c1-17-6-5-15-12(14)16-9-7-18-10-4-2-3-8(13)11(9)10/h2-4,9H,5-7H2,1H3,(H3,14,15,16). The molecule has 0 amide bonds. The van der Waals surface area contributed by atoms with Crippen molar-refractivity contribution in [3.63, 3.8) is 0 Å². The molecule has 0 spiro atoms. The molecule has 1 atom stereocenters. The molecule has 0 radical (unpaired) electrons. The molecule has 6 heteroatoms. The third kappa shape index (κ3) is 2.86. The second-order valence-corrected chi connectivity index (χ2v) is 4.33.